The Balaban J connectivity index is 0.000000156. The maximum absolute atomic E-state index is 13.6. The first kappa shape index (κ1) is 39.9. The van der Waals surface area contributed by atoms with Gasteiger partial charge in [0, 0.05) is 58.0 Å². The molecule has 310 valence electrons. The van der Waals surface area contributed by atoms with Crippen molar-refractivity contribution in [1.82, 2.24) is 20.4 Å². The zero-order valence-corrected chi connectivity index (χ0v) is 33.5. The molecular weight excluding hydrogens is 781 g/mol. The Morgan fingerprint density at radius 3 is 1.23 bits per heavy atom. The summed E-state index contributed by atoms with van der Waals surface area (Å²) in [5, 5.41) is 32.8. The summed E-state index contributed by atoms with van der Waals surface area (Å²) in [7, 11) is 1.56. The molecule has 2 fully saturated rings. The highest BCUT2D eigenvalue weighted by atomic mass is 19.1. The Labute approximate surface area is 350 Å². The van der Waals surface area contributed by atoms with Crippen LogP contribution < -0.4 is 0 Å². The maximum Gasteiger partial charge on any atom is 0.123 e. The van der Waals surface area contributed by atoms with Gasteiger partial charge in [0.2, 0.25) is 0 Å². The number of nitrogens with zero attached hydrogens (tertiary/aromatic N) is 4. The highest BCUT2D eigenvalue weighted by molar-refractivity contribution is 6.04. The van der Waals surface area contributed by atoms with Crippen molar-refractivity contribution in [3.8, 4) is 0 Å². The quantitative estimate of drug-likeness (QED) is 0.0583. The fourth-order valence-corrected chi connectivity index (χ4v) is 9.13. The molecule has 4 aliphatic carbocycles. The van der Waals surface area contributed by atoms with Crippen molar-refractivity contribution in [1.29, 1.82) is 0 Å². The van der Waals surface area contributed by atoms with Gasteiger partial charge in [-0.3, -0.25) is 10.2 Å². The van der Waals surface area contributed by atoms with Crippen LogP contribution in [0.25, 0.3) is 12.2 Å². The van der Waals surface area contributed by atoms with Crippen molar-refractivity contribution >= 4 is 23.6 Å². The number of hydrogen-bond acceptors (Lipinski definition) is 6. The Kier molecular flexibility index (Phi) is 10.8. The molecule has 0 spiro atoms. The van der Waals surface area contributed by atoms with Gasteiger partial charge in [0.15, 0.2) is 0 Å². The zero-order valence-electron chi connectivity index (χ0n) is 33.5. The summed E-state index contributed by atoms with van der Waals surface area (Å²) in [5.74, 6) is -0.590. The topological polar surface area (TPSA) is 112 Å². The molecule has 2 saturated carbocycles. The van der Waals surface area contributed by atoms with Gasteiger partial charge in [0.25, 0.3) is 0 Å². The summed E-state index contributed by atoms with van der Waals surface area (Å²) in [6.45, 7) is 0. The first-order valence-corrected chi connectivity index (χ1v) is 20.6. The van der Waals surface area contributed by atoms with E-state index < -0.39 is 10.8 Å². The van der Waals surface area contributed by atoms with Gasteiger partial charge in [0.1, 0.15) is 53.2 Å². The summed E-state index contributed by atoms with van der Waals surface area (Å²) in [6, 6.07) is 25.8. The van der Waals surface area contributed by atoms with E-state index in [1.54, 1.807) is 55.6 Å². The van der Waals surface area contributed by atoms with Gasteiger partial charge in [-0.1, -0.05) is 96.0 Å². The van der Waals surface area contributed by atoms with Crippen LogP contribution in [0.1, 0.15) is 94.7 Å². The average Bonchev–Trinajstić information content (AvgIpc) is 3.86. The number of halogens is 4. The second-order valence-corrected chi connectivity index (χ2v) is 16.3. The first-order valence-electron chi connectivity index (χ1n) is 20.6. The number of nitrogens with one attached hydrogen (secondary N) is 2. The lowest BCUT2D eigenvalue weighted by molar-refractivity contribution is 0.208. The van der Waals surface area contributed by atoms with Gasteiger partial charge in [-0.05, 0) is 96.5 Å². The van der Waals surface area contributed by atoms with Gasteiger partial charge in [0.05, 0.1) is 0 Å². The molecular formula is C49H44F4N6O2. The lowest BCUT2D eigenvalue weighted by atomic mass is 9.68. The van der Waals surface area contributed by atoms with Crippen LogP contribution in [0.2, 0.25) is 0 Å². The number of rotatable bonds is 9. The van der Waals surface area contributed by atoms with Crippen LogP contribution in [0.5, 0.6) is 0 Å². The third kappa shape index (κ3) is 7.38. The molecule has 2 aromatic heterocycles. The molecule has 3 N–H and O–H groups in total. The normalized spacial score (nSPS) is 18.0. The number of benzene rings is 4. The molecule has 0 unspecified atom stereocenters. The van der Waals surface area contributed by atoms with Gasteiger partial charge < -0.3 is 10.0 Å². The van der Waals surface area contributed by atoms with E-state index in [0.717, 1.165) is 88.3 Å². The lowest BCUT2D eigenvalue weighted by Crippen LogP contribution is -2.31. The molecule has 0 aliphatic heterocycles. The van der Waals surface area contributed by atoms with Crippen molar-refractivity contribution in [2.24, 2.45) is 22.1 Å². The van der Waals surface area contributed by atoms with Crippen LogP contribution in [-0.4, -0.2) is 44.1 Å². The Hall–Kier alpha value is -6.56. The molecule has 0 saturated heterocycles. The SMILES string of the molecule is CON=C(c1n[nH]c2c1C=CC(c1ccc(F)cc1)(c1ccc(F)cc1)C2)C1CCC1.ON=C(c1n[nH]c2c1C=CC(c1ccc(F)cc1)(c1ccc(F)cc1)C2)C1CCC1. The van der Waals surface area contributed by atoms with Crippen molar-refractivity contribution in [2.75, 3.05) is 7.11 Å². The molecule has 4 aromatic carbocycles. The molecule has 0 radical (unpaired) electrons. The highest BCUT2D eigenvalue weighted by Gasteiger charge is 2.40. The van der Waals surface area contributed by atoms with E-state index in [1.165, 1.54) is 55.0 Å². The van der Waals surface area contributed by atoms with E-state index in [0.29, 0.717) is 30.2 Å². The smallest absolute Gasteiger partial charge is 0.123 e. The second-order valence-electron chi connectivity index (χ2n) is 16.3. The lowest BCUT2D eigenvalue weighted by Gasteiger charge is -2.34. The molecule has 0 atom stereocenters. The van der Waals surface area contributed by atoms with Crippen LogP contribution in [0.15, 0.2) is 120 Å². The Bertz CT molecular complexity index is 2550. The predicted octanol–water partition coefficient (Wildman–Crippen LogP) is 10.6. The number of aromatic nitrogens is 4. The van der Waals surface area contributed by atoms with Gasteiger partial charge in [-0.25, -0.2) is 17.6 Å². The molecule has 12 heteroatoms. The third-order valence-corrected chi connectivity index (χ3v) is 12.9. The molecule has 0 amide bonds. The highest BCUT2D eigenvalue weighted by Crippen LogP contribution is 2.45. The summed E-state index contributed by atoms with van der Waals surface area (Å²) < 4.78 is 54.5. The standard InChI is InChI=1S/C25H23F2N3O.C24H21F2N3O/c1-31-30-23(16-3-2-4-16)24-21-13-14-25(15-22(21)28-29-24,17-5-9-19(26)10-6-17)18-7-11-20(27)12-8-18;25-18-8-4-16(5-9-18)24(17-6-10-19(26)11-7-17)13-12-20-21(14-24)27-28-23(20)22(29-30)15-2-1-3-15/h5-14,16H,2-4,15H2,1H3,(H,28,29);4-13,15,30H,1-3,14H2,(H,27,28). The number of allylic oxidation sites excluding steroid dienone is 2. The largest absolute Gasteiger partial charge is 0.411 e. The van der Waals surface area contributed by atoms with Crippen LogP contribution >= 0.6 is 0 Å². The summed E-state index contributed by atoms with van der Waals surface area (Å²) in [4.78, 5) is 5.12. The fourth-order valence-electron chi connectivity index (χ4n) is 9.13. The van der Waals surface area contributed by atoms with E-state index in [4.69, 9.17) is 4.84 Å². The number of H-pyrrole nitrogens is 2. The van der Waals surface area contributed by atoms with Crippen LogP contribution in [0.4, 0.5) is 17.6 Å². The minimum absolute atomic E-state index is 0.233. The number of aromatic amines is 2. The van der Waals surface area contributed by atoms with Crippen molar-refractivity contribution in [3.63, 3.8) is 0 Å². The average molecular weight is 825 g/mol. The second kappa shape index (κ2) is 16.5. The molecule has 8 nitrogen and oxygen atoms in total. The number of oxime groups is 2. The minimum atomic E-state index is -0.592. The minimum Gasteiger partial charge on any atom is -0.411 e. The van der Waals surface area contributed by atoms with E-state index in [2.05, 4.69) is 42.9 Å². The van der Waals surface area contributed by atoms with Crippen LogP contribution in [0, 0.1) is 35.1 Å². The van der Waals surface area contributed by atoms with Crippen LogP contribution in [-0.2, 0) is 28.5 Å². The summed E-state index contributed by atoms with van der Waals surface area (Å²) in [5.41, 5.74) is 9.32. The predicted molar refractivity (Wildman–Crippen MR) is 226 cm³/mol. The zero-order chi connectivity index (χ0) is 42.1. The Morgan fingerprint density at radius 1 is 0.574 bits per heavy atom. The fraction of sp³-hybridized carbons (Fsp3) is 0.265. The van der Waals surface area contributed by atoms with Gasteiger partial charge in [-0.15, -0.1) is 0 Å². The molecule has 10 rings (SSSR count). The van der Waals surface area contributed by atoms with E-state index >= 15 is 0 Å². The third-order valence-electron chi connectivity index (χ3n) is 12.9. The molecule has 0 bridgehead atoms. The number of hydrogen-bond donors (Lipinski definition) is 3. The van der Waals surface area contributed by atoms with E-state index in [1.807, 2.05) is 12.2 Å². The maximum atomic E-state index is 13.6. The van der Waals surface area contributed by atoms with Gasteiger partial charge in [-0.2, -0.15) is 10.2 Å². The van der Waals surface area contributed by atoms with E-state index in [-0.39, 0.29) is 29.2 Å². The Morgan fingerprint density at radius 2 is 0.918 bits per heavy atom. The van der Waals surface area contributed by atoms with Crippen molar-refractivity contribution in [2.45, 2.75) is 62.2 Å². The van der Waals surface area contributed by atoms with Crippen molar-refractivity contribution < 1.29 is 27.6 Å². The molecule has 6 aromatic rings. The molecule has 2 heterocycles. The van der Waals surface area contributed by atoms with Crippen molar-refractivity contribution in [3.05, 3.63) is 189 Å². The summed E-state index contributed by atoms with van der Waals surface area (Å²) in [6.07, 6.45) is 15.8. The first-order chi connectivity index (χ1) is 29.7. The van der Waals surface area contributed by atoms with Crippen LogP contribution in [0.3, 0.4) is 0 Å². The number of fused-ring (bicyclic) bond motifs is 2. The van der Waals surface area contributed by atoms with Gasteiger partial charge >= 0.3 is 0 Å². The summed E-state index contributed by atoms with van der Waals surface area (Å²) >= 11 is 0. The molecule has 61 heavy (non-hydrogen) atoms. The van der Waals surface area contributed by atoms with E-state index in [9.17, 15) is 22.8 Å². The molecule has 4 aliphatic rings. The monoisotopic (exact) mass is 824 g/mol.